The zero-order valence-corrected chi connectivity index (χ0v) is 7.30. The Hall–Kier alpha value is -1.77. The number of aromatic nitrogens is 4. The van der Waals surface area contributed by atoms with Crippen LogP contribution in [0.1, 0.15) is 0 Å². The lowest BCUT2D eigenvalue weighted by Crippen LogP contribution is -2.13. The van der Waals surface area contributed by atoms with Crippen LogP contribution in [0.15, 0.2) is 16.3 Å². The molecule has 0 atom stereocenters. The van der Waals surface area contributed by atoms with Gasteiger partial charge < -0.3 is 4.98 Å². The van der Waals surface area contributed by atoms with Crippen molar-refractivity contribution < 1.29 is 12.3 Å². The second-order valence-corrected chi connectivity index (χ2v) is 3.67. The van der Waals surface area contributed by atoms with Gasteiger partial charge in [-0.3, -0.25) is 9.78 Å². The molecule has 0 aliphatic carbocycles. The average Bonchev–Trinajstić information content (AvgIpc) is 2.50. The third kappa shape index (κ3) is 1.27. The first-order chi connectivity index (χ1) is 6.48. The minimum atomic E-state index is -5.02. The van der Waals surface area contributed by atoms with E-state index in [2.05, 4.69) is 15.0 Å². The summed E-state index contributed by atoms with van der Waals surface area (Å²) in [5.41, 5.74) is -0.939. The summed E-state index contributed by atoms with van der Waals surface area (Å²) >= 11 is 0. The molecule has 0 spiro atoms. The number of hydrogen-bond donors (Lipinski definition) is 2. The zero-order valence-electron chi connectivity index (χ0n) is 6.48. The lowest BCUT2D eigenvalue weighted by atomic mass is 10.6. The Kier molecular flexibility index (Phi) is 1.64. The Balaban J connectivity index is 2.91. The first-order valence-corrected chi connectivity index (χ1v) is 4.75. The van der Waals surface area contributed by atoms with Gasteiger partial charge in [0.2, 0.25) is 0 Å². The van der Waals surface area contributed by atoms with Gasteiger partial charge in [0.05, 0.1) is 6.33 Å². The van der Waals surface area contributed by atoms with Gasteiger partial charge in [-0.2, -0.15) is 13.4 Å². The summed E-state index contributed by atoms with van der Waals surface area (Å²) in [6.07, 6.45) is 1.15. The van der Waals surface area contributed by atoms with Gasteiger partial charge in [0, 0.05) is 0 Å². The topological polar surface area (TPSA) is 109 Å². The molecule has 0 amide bonds. The highest BCUT2D eigenvalue weighted by molar-refractivity contribution is 7.86. The molecule has 14 heavy (non-hydrogen) atoms. The van der Waals surface area contributed by atoms with Crippen LogP contribution in [0.2, 0.25) is 0 Å². The lowest BCUT2D eigenvalue weighted by Gasteiger charge is -1.92. The normalized spacial score (nSPS) is 12.1. The Bertz CT molecular complexity index is 642. The summed E-state index contributed by atoms with van der Waals surface area (Å²) in [6, 6.07) is 0. The molecule has 9 heteroatoms. The number of nitrogens with one attached hydrogen (secondary N) is 2. The van der Waals surface area contributed by atoms with Crippen molar-refractivity contribution >= 4 is 21.4 Å². The Morgan fingerprint density at radius 2 is 2.14 bits per heavy atom. The molecular weight excluding hydrogens is 215 g/mol. The predicted molar refractivity (Wildman–Crippen MR) is 42.8 cm³/mol. The molecule has 2 aromatic heterocycles. The molecule has 0 bridgehead atoms. The fourth-order valence-corrected chi connectivity index (χ4v) is 1.35. The summed E-state index contributed by atoms with van der Waals surface area (Å²) in [5, 5.41) is -1.04. The van der Waals surface area contributed by atoms with Gasteiger partial charge in [-0.25, -0.2) is 4.98 Å². The van der Waals surface area contributed by atoms with E-state index in [4.69, 9.17) is 0 Å². The van der Waals surface area contributed by atoms with Gasteiger partial charge in [-0.05, 0) is 0 Å². The Morgan fingerprint density at radius 3 is 2.79 bits per heavy atom. The van der Waals surface area contributed by atoms with E-state index >= 15 is 0 Å². The van der Waals surface area contributed by atoms with Crippen LogP contribution in [0.25, 0.3) is 11.2 Å². The zero-order chi connectivity index (χ0) is 10.3. The standard InChI is InChI=1S/C5H3FN4O3S/c6-14(12,13)5-9-3-2(4(11)10-5)7-1-8-3/h1H,(H2,7,8,9,10,11). The number of nitrogens with zero attached hydrogens (tertiary/aromatic N) is 2. The van der Waals surface area contributed by atoms with E-state index in [9.17, 15) is 17.1 Å². The van der Waals surface area contributed by atoms with Crippen molar-refractivity contribution in [2.24, 2.45) is 0 Å². The molecule has 2 rings (SSSR count). The fourth-order valence-electron chi connectivity index (χ4n) is 0.938. The van der Waals surface area contributed by atoms with Crippen molar-refractivity contribution in [2.75, 3.05) is 0 Å². The number of H-pyrrole nitrogens is 2. The van der Waals surface area contributed by atoms with Crippen molar-refractivity contribution in [1.82, 2.24) is 19.9 Å². The molecule has 2 heterocycles. The highest BCUT2D eigenvalue weighted by Crippen LogP contribution is 2.06. The molecular formula is C5H3FN4O3S. The van der Waals surface area contributed by atoms with Crippen molar-refractivity contribution in [2.45, 2.75) is 5.16 Å². The highest BCUT2D eigenvalue weighted by atomic mass is 32.3. The first kappa shape index (κ1) is 8.81. The number of halogens is 1. The van der Waals surface area contributed by atoms with E-state index < -0.39 is 20.9 Å². The summed E-state index contributed by atoms with van der Waals surface area (Å²) in [7, 11) is -5.02. The highest BCUT2D eigenvalue weighted by Gasteiger charge is 2.17. The molecule has 7 nitrogen and oxygen atoms in total. The minimum Gasteiger partial charge on any atom is -0.339 e. The molecule has 2 aromatic rings. The molecule has 0 aliphatic heterocycles. The van der Waals surface area contributed by atoms with Crippen LogP contribution in [0.4, 0.5) is 3.89 Å². The minimum absolute atomic E-state index is 0.00241. The number of fused-ring (bicyclic) bond motifs is 1. The Labute approximate surface area is 76.2 Å². The van der Waals surface area contributed by atoms with E-state index in [-0.39, 0.29) is 11.2 Å². The van der Waals surface area contributed by atoms with Crippen molar-refractivity contribution in [3.8, 4) is 0 Å². The van der Waals surface area contributed by atoms with Crippen LogP contribution in [0, 0.1) is 0 Å². The molecule has 0 fully saturated rings. The first-order valence-electron chi connectivity index (χ1n) is 3.36. The van der Waals surface area contributed by atoms with Crippen molar-refractivity contribution in [1.29, 1.82) is 0 Å². The van der Waals surface area contributed by atoms with Gasteiger partial charge >= 0.3 is 10.2 Å². The van der Waals surface area contributed by atoms with E-state index in [0.717, 1.165) is 6.33 Å². The molecule has 2 N–H and O–H groups in total. The van der Waals surface area contributed by atoms with Crippen molar-refractivity contribution in [3.63, 3.8) is 0 Å². The maximum absolute atomic E-state index is 12.4. The van der Waals surface area contributed by atoms with Crippen LogP contribution in [0.3, 0.4) is 0 Å². The maximum atomic E-state index is 12.4. The monoisotopic (exact) mass is 218 g/mol. The average molecular weight is 218 g/mol. The number of hydrogen-bond acceptors (Lipinski definition) is 5. The second-order valence-electron chi connectivity index (χ2n) is 2.41. The van der Waals surface area contributed by atoms with Crippen LogP contribution in [-0.2, 0) is 10.2 Å². The van der Waals surface area contributed by atoms with Gasteiger partial charge in [-0.15, -0.1) is 0 Å². The molecule has 0 unspecified atom stereocenters. The third-order valence-corrected chi connectivity index (χ3v) is 2.16. The van der Waals surface area contributed by atoms with Crippen LogP contribution >= 0.6 is 0 Å². The summed E-state index contributed by atoms with van der Waals surface area (Å²) in [6.45, 7) is 0. The number of aromatic amines is 2. The number of rotatable bonds is 1. The van der Waals surface area contributed by atoms with Gasteiger partial charge in [0.1, 0.15) is 0 Å². The summed E-state index contributed by atoms with van der Waals surface area (Å²) in [4.78, 5) is 22.2. The fraction of sp³-hybridized carbons (Fsp3) is 0. The summed E-state index contributed by atoms with van der Waals surface area (Å²) < 4.78 is 33.3. The van der Waals surface area contributed by atoms with E-state index in [1.807, 2.05) is 0 Å². The molecule has 0 aromatic carbocycles. The van der Waals surface area contributed by atoms with Crippen LogP contribution < -0.4 is 5.56 Å². The van der Waals surface area contributed by atoms with Crippen LogP contribution in [-0.4, -0.2) is 28.4 Å². The third-order valence-electron chi connectivity index (χ3n) is 1.51. The predicted octanol–water partition coefficient (Wildman–Crippen LogP) is -0.696. The summed E-state index contributed by atoms with van der Waals surface area (Å²) in [5.74, 6) is 0. The van der Waals surface area contributed by atoms with Gasteiger partial charge in [-0.1, -0.05) is 3.89 Å². The molecule has 74 valence electrons. The van der Waals surface area contributed by atoms with E-state index in [1.54, 1.807) is 4.98 Å². The SMILES string of the molecule is O=c1[nH]c(S(=O)(=O)F)nc2nc[nH]c12. The van der Waals surface area contributed by atoms with Crippen molar-refractivity contribution in [3.05, 3.63) is 16.7 Å². The number of imidazole rings is 1. The Morgan fingerprint density at radius 1 is 1.43 bits per heavy atom. The molecule has 0 aliphatic rings. The quantitative estimate of drug-likeness (QED) is 0.486. The van der Waals surface area contributed by atoms with E-state index in [1.165, 1.54) is 0 Å². The van der Waals surface area contributed by atoms with Gasteiger partial charge in [0.25, 0.3) is 10.7 Å². The van der Waals surface area contributed by atoms with Crippen LogP contribution in [0.5, 0.6) is 0 Å². The lowest BCUT2D eigenvalue weighted by molar-refractivity contribution is 0.542. The largest absolute Gasteiger partial charge is 0.366 e. The smallest absolute Gasteiger partial charge is 0.339 e. The molecule has 0 radical (unpaired) electrons. The maximum Gasteiger partial charge on any atom is 0.366 e. The van der Waals surface area contributed by atoms with Gasteiger partial charge in [0.15, 0.2) is 11.2 Å². The molecule has 0 saturated carbocycles. The molecule has 0 saturated heterocycles. The second kappa shape index (κ2) is 2.61. The van der Waals surface area contributed by atoms with E-state index in [0.29, 0.717) is 0 Å².